The number of hydrogen-bond donors (Lipinski definition) is 2. The van der Waals surface area contributed by atoms with Crippen LogP contribution in [0, 0.1) is 25.5 Å². The fourth-order valence-corrected chi connectivity index (χ4v) is 10.1. The zero-order valence-corrected chi connectivity index (χ0v) is 38.7. The van der Waals surface area contributed by atoms with Crippen LogP contribution in [0.2, 0.25) is 5.02 Å². The highest BCUT2D eigenvalue weighted by atomic mass is 35.5. The average molecular weight is 933 g/mol. The van der Waals surface area contributed by atoms with E-state index in [0.717, 1.165) is 85.0 Å². The monoisotopic (exact) mass is 932 g/mol. The third-order valence-electron chi connectivity index (χ3n) is 13.4. The molecule has 4 aromatic heterocycles. The summed E-state index contributed by atoms with van der Waals surface area (Å²) in [5.74, 6) is -0.360. The lowest BCUT2D eigenvalue weighted by Gasteiger charge is -2.24. The van der Waals surface area contributed by atoms with E-state index in [1.54, 1.807) is 66.7 Å². The molecule has 13 heteroatoms. The molecule has 2 fully saturated rings. The van der Waals surface area contributed by atoms with Gasteiger partial charge < -0.3 is 28.6 Å². The SMILES string of the molecule is Cc1ccc(NC(=O)c2ccc(-c3c(-c4ccc(F)c(Cc5ccc(NC(=O)c6ccc(-c7c(-c8ccc(F)cc8)ncn7C7CCCCC7)o6)c(Cl)c5)c4)ncn3C3CCCCC3)o2)c(C)c1. The minimum atomic E-state index is -0.495. The number of halogens is 3. The number of furan rings is 2. The molecule has 0 spiro atoms. The molecule has 0 unspecified atom stereocenters. The van der Waals surface area contributed by atoms with E-state index in [-0.39, 0.29) is 52.6 Å². The summed E-state index contributed by atoms with van der Waals surface area (Å²) < 4.78 is 46.4. The van der Waals surface area contributed by atoms with E-state index >= 15 is 4.39 Å². The highest BCUT2D eigenvalue weighted by molar-refractivity contribution is 6.34. The molecule has 0 aliphatic heterocycles. The predicted octanol–water partition coefficient (Wildman–Crippen LogP) is 14.6. The van der Waals surface area contributed by atoms with Crippen molar-refractivity contribution < 1.29 is 27.2 Å². The summed E-state index contributed by atoms with van der Waals surface area (Å²) in [6, 6.07) is 29.5. The molecule has 2 N–H and O–H groups in total. The van der Waals surface area contributed by atoms with Crippen LogP contribution in [0.1, 0.15) is 120 Å². The Kier molecular flexibility index (Phi) is 12.7. The molecule has 2 amide bonds. The molecule has 4 aromatic carbocycles. The maximum Gasteiger partial charge on any atom is 0.291 e. The highest BCUT2D eigenvalue weighted by Crippen LogP contribution is 2.41. The van der Waals surface area contributed by atoms with Crippen LogP contribution >= 0.6 is 11.6 Å². The lowest BCUT2D eigenvalue weighted by molar-refractivity contribution is 0.0990. The minimum absolute atomic E-state index is 0.0807. The predicted molar refractivity (Wildman–Crippen MR) is 261 cm³/mol. The first-order chi connectivity index (χ1) is 33.1. The first-order valence-electron chi connectivity index (χ1n) is 23.4. The second-order valence-electron chi connectivity index (χ2n) is 18.1. The molecule has 10 nitrogen and oxygen atoms in total. The number of rotatable bonds is 12. The molecule has 0 atom stereocenters. The summed E-state index contributed by atoms with van der Waals surface area (Å²) in [7, 11) is 0. The van der Waals surface area contributed by atoms with Gasteiger partial charge in [-0.3, -0.25) is 9.59 Å². The van der Waals surface area contributed by atoms with Gasteiger partial charge in [0.05, 0.1) is 34.8 Å². The number of nitrogens with one attached hydrogen (secondary N) is 2. The van der Waals surface area contributed by atoms with Gasteiger partial charge in [0.2, 0.25) is 0 Å². The van der Waals surface area contributed by atoms with Crippen LogP contribution in [0.25, 0.3) is 45.4 Å². The van der Waals surface area contributed by atoms with E-state index in [9.17, 15) is 14.0 Å². The van der Waals surface area contributed by atoms with Crippen LogP contribution in [-0.4, -0.2) is 30.9 Å². The molecular formula is C55H51ClF2N6O4. The maximum absolute atomic E-state index is 15.7. The third-order valence-corrected chi connectivity index (χ3v) is 13.7. The number of hydrogen-bond acceptors (Lipinski definition) is 6. The zero-order chi connectivity index (χ0) is 46.9. The molecule has 8 aromatic rings. The number of nitrogens with zero attached hydrogens (tertiary/aromatic N) is 4. The van der Waals surface area contributed by atoms with E-state index in [4.69, 9.17) is 30.4 Å². The van der Waals surface area contributed by atoms with Crippen LogP contribution in [0.4, 0.5) is 20.2 Å². The molecule has 4 heterocycles. The van der Waals surface area contributed by atoms with Crippen LogP contribution in [0.5, 0.6) is 0 Å². The summed E-state index contributed by atoms with van der Waals surface area (Å²) in [4.78, 5) is 36.7. The van der Waals surface area contributed by atoms with Gasteiger partial charge in [0.25, 0.3) is 11.8 Å². The van der Waals surface area contributed by atoms with Crippen molar-refractivity contribution in [3.63, 3.8) is 0 Å². The van der Waals surface area contributed by atoms with Crippen LogP contribution < -0.4 is 10.6 Å². The maximum atomic E-state index is 15.7. The number of aromatic nitrogens is 4. The number of benzene rings is 4. The normalized spacial score (nSPS) is 14.6. The summed E-state index contributed by atoms with van der Waals surface area (Å²) >= 11 is 6.81. The van der Waals surface area contributed by atoms with Crippen molar-refractivity contribution in [2.45, 2.75) is 96.6 Å². The van der Waals surface area contributed by atoms with Gasteiger partial charge in [-0.2, -0.15) is 0 Å². The lowest BCUT2D eigenvalue weighted by Crippen LogP contribution is -2.13. The first kappa shape index (κ1) is 44.8. The Labute approximate surface area is 398 Å². The smallest absolute Gasteiger partial charge is 0.291 e. The molecular weight excluding hydrogens is 882 g/mol. The Hall–Kier alpha value is -7.05. The third kappa shape index (κ3) is 9.29. The van der Waals surface area contributed by atoms with Gasteiger partial charge in [0.1, 0.15) is 23.0 Å². The molecule has 346 valence electrons. The second kappa shape index (κ2) is 19.3. The van der Waals surface area contributed by atoms with Gasteiger partial charge >= 0.3 is 0 Å². The molecule has 2 aliphatic rings. The van der Waals surface area contributed by atoms with E-state index < -0.39 is 5.91 Å². The Balaban J connectivity index is 0.880. The van der Waals surface area contributed by atoms with Crippen molar-refractivity contribution >= 4 is 34.8 Å². The lowest BCUT2D eigenvalue weighted by atomic mass is 9.94. The van der Waals surface area contributed by atoms with Gasteiger partial charge in [0.15, 0.2) is 23.0 Å². The van der Waals surface area contributed by atoms with Gasteiger partial charge in [-0.15, -0.1) is 0 Å². The van der Waals surface area contributed by atoms with Crippen molar-refractivity contribution in [3.05, 3.63) is 166 Å². The molecule has 2 saturated carbocycles. The number of aryl methyl sites for hydroxylation is 2. The zero-order valence-electron chi connectivity index (χ0n) is 38.0. The fourth-order valence-electron chi connectivity index (χ4n) is 9.86. The van der Waals surface area contributed by atoms with Gasteiger partial charge in [-0.25, -0.2) is 18.7 Å². The summed E-state index contributed by atoms with van der Waals surface area (Å²) in [5.41, 5.74) is 8.46. The van der Waals surface area contributed by atoms with E-state index in [0.29, 0.717) is 45.4 Å². The van der Waals surface area contributed by atoms with Crippen LogP contribution in [-0.2, 0) is 6.42 Å². The Morgan fingerprint density at radius 1 is 0.632 bits per heavy atom. The summed E-state index contributed by atoms with van der Waals surface area (Å²) in [6.07, 6.45) is 14.6. The van der Waals surface area contributed by atoms with Gasteiger partial charge in [0, 0.05) is 35.3 Å². The fraction of sp³-hybridized carbons (Fsp3) is 0.273. The quantitative estimate of drug-likeness (QED) is 0.126. The van der Waals surface area contributed by atoms with Crippen LogP contribution in [0.3, 0.4) is 0 Å². The Morgan fingerprint density at radius 2 is 1.18 bits per heavy atom. The average Bonchev–Trinajstić information content (AvgIpc) is 4.19. The molecule has 2 aliphatic carbocycles. The van der Waals surface area contributed by atoms with E-state index in [1.807, 2.05) is 44.7 Å². The summed E-state index contributed by atoms with van der Waals surface area (Å²) in [5, 5.41) is 6.13. The number of amides is 2. The van der Waals surface area contributed by atoms with Crippen molar-refractivity contribution in [1.82, 2.24) is 19.1 Å². The number of carbonyl (C=O) groups is 2. The van der Waals surface area contributed by atoms with Gasteiger partial charge in [-0.1, -0.05) is 73.9 Å². The van der Waals surface area contributed by atoms with Crippen molar-refractivity contribution in [2.75, 3.05) is 10.6 Å². The Bertz CT molecular complexity index is 3130. The van der Waals surface area contributed by atoms with Crippen molar-refractivity contribution in [3.8, 4) is 45.4 Å². The molecule has 10 rings (SSSR count). The largest absolute Gasteiger partial charge is 0.449 e. The number of anilines is 2. The molecule has 0 saturated heterocycles. The summed E-state index contributed by atoms with van der Waals surface area (Å²) in [6.45, 7) is 3.96. The molecule has 68 heavy (non-hydrogen) atoms. The Morgan fingerprint density at radius 3 is 1.75 bits per heavy atom. The molecule has 0 bridgehead atoms. The van der Waals surface area contributed by atoms with Crippen LogP contribution in [0.15, 0.2) is 125 Å². The minimum Gasteiger partial charge on any atom is -0.449 e. The highest BCUT2D eigenvalue weighted by Gasteiger charge is 2.28. The van der Waals surface area contributed by atoms with E-state index in [2.05, 4.69) is 19.8 Å². The topological polar surface area (TPSA) is 120 Å². The van der Waals surface area contributed by atoms with Gasteiger partial charge in [-0.05, 0) is 141 Å². The second-order valence-corrected chi connectivity index (χ2v) is 18.5. The van der Waals surface area contributed by atoms with Crippen molar-refractivity contribution in [2.24, 2.45) is 0 Å². The standard InChI is InChI=1S/C55H51ClF2N6O4/c1-33-13-21-44(34(2)27-33)61-54(65)48-25-24-47(68-48)53-51(60-32-64(53)41-11-7-4-8-12-41)37-17-20-43(58)38(30-37)28-35-14-22-45(42(56)29-35)62-55(66)49-26-23-46(67-49)52-50(36-15-18-39(57)19-16-36)59-31-63(52)40-9-5-3-6-10-40/h13-27,29-32,40-41H,3-12,28H2,1-2H3,(H,61,65)(H,62,66). The first-order valence-corrected chi connectivity index (χ1v) is 23.8. The number of carbonyl (C=O) groups excluding carboxylic acids is 2. The van der Waals surface area contributed by atoms with E-state index in [1.165, 1.54) is 31.0 Å². The van der Waals surface area contributed by atoms with Crippen molar-refractivity contribution in [1.29, 1.82) is 0 Å². The molecule has 0 radical (unpaired) electrons. The number of imidazole rings is 2.